The van der Waals surface area contributed by atoms with Crippen LogP contribution in [0.15, 0.2) is 23.4 Å². The molecule has 0 fully saturated rings. The van der Waals surface area contributed by atoms with Gasteiger partial charge in [-0.3, -0.25) is 0 Å². The van der Waals surface area contributed by atoms with E-state index in [2.05, 4.69) is 61.4 Å². The van der Waals surface area contributed by atoms with E-state index in [0.29, 0.717) is 6.04 Å². The van der Waals surface area contributed by atoms with Crippen LogP contribution >= 0.6 is 11.8 Å². The van der Waals surface area contributed by atoms with Crippen molar-refractivity contribution in [1.29, 1.82) is 0 Å². The highest BCUT2D eigenvalue weighted by Crippen LogP contribution is 2.24. The van der Waals surface area contributed by atoms with Gasteiger partial charge in [-0.2, -0.15) is 0 Å². The third kappa shape index (κ3) is 2.90. The molecule has 0 aliphatic carbocycles. The van der Waals surface area contributed by atoms with Gasteiger partial charge < -0.3 is 0 Å². The third-order valence-electron chi connectivity index (χ3n) is 2.81. The average molecular weight is 262 g/mol. The standard InChI is InChI=1S/C13H18N4S/c1-9(2)17-13(14-15-16-17)18-8-12-7-10(3)5-6-11(12)4/h5-7,9H,8H2,1-4H3. The number of benzene rings is 1. The summed E-state index contributed by atoms with van der Waals surface area (Å²) in [5, 5.41) is 12.7. The van der Waals surface area contributed by atoms with Crippen LogP contribution in [0.1, 0.15) is 36.6 Å². The zero-order valence-electron chi connectivity index (χ0n) is 11.2. The fraction of sp³-hybridized carbons (Fsp3) is 0.462. The number of thioether (sulfide) groups is 1. The van der Waals surface area contributed by atoms with E-state index in [0.717, 1.165) is 10.9 Å². The molecule has 0 atom stereocenters. The minimum atomic E-state index is 0.293. The Morgan fingerprint density at radius 2 is 2.06 bits per heavy atom. The number of aryl methyl sites for hydroxylation is 2. The smallest absolute Gasteiger partial charge is 0.209 e. The molecule has 96 valence electrons. The van der Waals surface area contributed by atoms with Gasteiger partial charge in [-0.15, -0.1) is 5.10 Å². The van der Waals surface area contributed by atoms with Crippen LogP contribution in [0.25, 0.3) is 0 Å². The second-order valence-electron chi connectivity index (χ2n) is 4.72. The van der Waals surface area contributed by atoms with Crippen molar-refractivity contribution in [1.82, 2.24) is 20.2 Å². The third-order valence-corrected chi connectivity index (χ3v) is 3.80. The van der Waals surface area contributed by atoms with E-state index >= 15 is 0 Å². The van der Waals surface area contributed by atoms with Crippen LogP contribution in [-0.2, 0) is 5.75 Å². The van der Waals surface area contributed by atoms with Crippen LogP contribution in [0.3, 0.4) is 0 Å². The highest BCUT2D eigenvalue weighted by atomic mass is 32.2. The molecular formula is C13H18N4S. The van der Waals surface area contributed by atoms with Crippen molar-refractivity contribution in [2.24, 2.45) is 0 Å². The van der Waals surface area contributed by atoms with Crippen LogP contribution < -0.4 is 0 Å². The van der Waals surface area contributed by atoms with Crippen LogP contribution in [0.4, 0.5) is 0 Å². The Morgan fingerprint density at radius 1 is 1.28 bits per heavy atom. The van der Waals surface area contributed by atoms with Gasteiger partial charge in [0.15, 0.2) is 0 Å². The lowest BCUT2D eigenvalue weighted by atomic mass is 10.1. The molecule has 0 unspecified atom stereocenters. The molecule has 0 saturated heterocycles. The van der Waals surface area contributed by atoms with Gasteiger partial charge in [-0.05, 0) is 49.2 Å². The number of rotatable bonds is 4. The predicted molar refractivity (Wildman–Crippen MR) is 73.7 cm³/mol. The second kappa shape index (κ2) is 5.52. The molecule has 18 heavy (non-hydrogen) atoms. The molecule has 0 radical (unpaired) electrons. The maximum absolute atomic E-state index is 4.07. The summed E-state index contributed by atoms with van der Waals surface area (Å²) in [6.45, 7) is 8.42. The van der Waals surface area contributed by atoms with Gasteiger partial charge in [0.1, 0.15) is 0 Å². The Bertz CT molecular complexity index is 534. The topological polar surface area (TPSA) is 43.6 Å². The number of aromatic nitrogens is 4. The van der Waals surface area contributed by atoms with Gasteiger partial charge in [-0.25, -0.2) is 4.68 Å². The van der Waals surface area contributed by atoms with Crippen LogP contribution in [0.5, 0.6) is 0 Å². The Labute approximate surface area is 112 Å². The predicted octanol–water partition coefficient (Wildman–Crippen LogP) is 3.16. The minimum absolute atomic E-state index is 0.293. The van der Waals surface area contributed by atoms with Crippen molar-refractivity contribution in [3.63, 3.8) is 0 Å². The zero-order valence-corrected chi connectivity index (χ0v) is 12.0. The van der Waals surface area contributed by atoms with Gasteiger partial charge in [0, 0.05) is 5.75 Å². The van der Waals surface area contributed by atoms with Gasteiger partial charge in [-0.1, -0.05) is 35.5 Å². The summed E-state index contributed by atoms with van der Waals surface area (Å²) in [6, 6.07) is 6.82. The maximum atomic E-state index is 4.07. The quantitative estimate of drug-likeness (QED) is 0.794. The minimum Gasteiger partial charge on any atom is -0.218 e. The Hall–Kier alpha value is -1.36. The number of tetrazole rings is 1. The van der Waals surface area contributed by atoms with E-state index in [1.165, 1.54) is 16.7 Å². The molecular weight excluding hydrogens is 244 g/mol. The molecule has 0 spiro atoms. The summed E-state index contributed by atoms with van der Waals surface area (Å²) in [5.41, 5.74) is 3.95. The summed E-state index contributed by atoms with van der Waals surface area (Å²) in [7, 11) is 0. The fourth-order valence-electron chi connectivity index (χ4n) is 1.70. The number of hydrogen-bond acceptors (Lipinski definition) is 4. The molecule has 2 rings (SSSR count). The highest BCUT2D eigenvalue weighted by molar-refractivity contribution is 7.98. The van der Waals surface area contributed by atoms with E-state index < -0.39 is 0 Å². The molecule has 2 aromatic rings. The first kappa shape index (κ1) is 13.1. The van der Waals surface area contributed by atoms with Crippen molar-refractivity contribution in [3.8, 4) is 0 Å². The van der Waals surface area contributed by atoms with E-state index in [4.69, 9.17) is 0 Å². The number of nitrogens with zero attached hydrogens (tertiary/aromatic N) is 4. The average Bonchev–Trinajstić information content (AvgIpc) is 2.79. The lowest BCUT2D eigenvalue weighted by molar-refractivity contribution is 0.477. The van der Waals surface area contributed by atoms with Crippen molar-refractivity contribution in [2.45, 2.75) is 44.6 Å². The molecule has 0 amide bonds. The SMILES string of the molecule is Cc1ccc(C)c(CSc2nnnn2C(C)C)c1. The molecule has 1 heterocycles. The lowest BCUT2D eigenvalue weighted by Crippen LogP contribution is -2.04. The van der Waals surface area contributed by atoms with Crippen LogP contribution in [0.2, 0.25) is 0 Å². The first-order valence-corrected chi connectivity index (χ1v) is 7.03. The van der Waals surface area contributed by atoms with Gasteiger partial charge >= 0.3 is 0 Å². The molecule has 0 N–H and O–H groups in total. The van der Waals surface area contributed by atoms with Gasteiger partial charge in [0.2, 0.25) is 5.16 Å². The zero-order chi connectivity index (χ0) is 13.1. The summed E-state index contributed by atoms with van der Waals surface area (Å²) in [5.74, 6) is 0.903. The van der Waals surface area contributed by atoms with Crippen molar-refractivity contribution >= 4 is 11.8 Å². The monoisotopic (exact) mass is 262 g/mol. The van der Waals surface area contributed by atoms with Crippen LogP contribution in [-0.4, -0.2) is 20.2 Å². The maximum Gasteiger partial charge on any atom is 0.209 e. The molecule has 0 aliphatic rings. The molecule has 0 aliphatic heterocycles. The molecule has 4 nitrogen and oxygen atoms in total. The Kier molecular flexibility index (Phi) is 4.01. The molecule has 5 heteroatoms. The first-order valence-electron chi connectivity index (χ1n) is 6.04. The highest BCUT2D eigenvalue weighted by Gasteiger charge is 2.10. The van der Waals surface area contributed by atoms with Crippen LogP contribution in [0, 0.1) is 13.8 Å². The van der Waals surface area contributed by atoms with E-state index in [9.17, 15) is 0 Å². The molecule has 0 saturated carbocycles. The van der Waals surface area contributed by atoms with E-state index in [1.807, 2.05) is 4.68 Å². The second-order valence-corrected chi connectivity index (χ2v) is 5.66. The molecule has 0 bridgehead atoms. The largest absolute Gasteiger partial charge is 0.218 e. The Morgan fingerprint density at radius 3 is 2.78 bits per heavy atom. The van der Waals surface area contributed by atoms with Crippen molar-refractivity contribution in [3.05, 3.63) is 34.9 Å². The van der Waals surface area contributed by atoms with E-state index in [-0.39, 0.29) is 0 Å². The summed E-state index contributed by atoms with van der Waals surface area (Å²) < 4.78 is 1.86. The fourth-order valence-corrected chi connectivity index (χ4v) is 2.77. The lowest BCUT2D eigenvalue weighted by Gasteiger charge is -2.09. The van der Waals surface area contributed by atoms with Gasteiger partial charge in [0.25, 0.3) is 0 Å². The normalized spacial score (nSPS) is 11.2. The first-order chi connectivity index (χ1) is 8.58. The Balaban J connectivity index is 2.11. The number of hydrogen-bond donors (Lipinski definition) is 0. The summed E-state index contributed by atoms with van der Waals surface area (Å²) >= 11 is 1.68. The van der Waals surface area contributed by atoms with Crippen molar-refractivity contribution < 1.29 is 0 Å². The summed E-state index contributed by atoms with van der Waals surface area (Å²) in [6.07, 6.45) is 0. The molecule has 1 aromatic carbocycles. The van der Waals surface area contributed by atoms with Gasteiger partial charge in [0.05, 0.1) is 6.04 Å². The molecule has 1 aromatic heterocycles. The van der Waals surface area contributed by atoms with Crippen molar-refractivity contribution in [2.75, 3.05) is 0 Å². The van der Waals surface area contributed by atoms with E-state index in [1.54, 1.807) is 11.8 Å². The summed E-state index contributed by atoms with van der Waals surface area (Å²) in [4.78, 5) is 0.